The number of likely N-dealkylation sites (tertiary alicyclic amines) is 1. The van der Waals surface area contributed by atoms with Gasteiger partial charge in [0, 0.05) is 30.8 Å². The Kier molecular flexibility index (Phi) is 9.52. The third-order valence-corrected chi connectivity index (χ3v) is 7.63. The smallest absolute Gasteiger partial charge is 0.257 e. The molecule has 4 aromatic rings. The standard InChI is InChI=1S/C29H32N4O2S.ClH/c1-35-25-15-14-24(22-8-4-2-5-9-22)27-26(25)31-29(36-27)32-28(34)23-12-10-21(11-13-23)20-30-16-19-33-17-6-3-7-18-33;/h2,4-5,8-15,30H,3,6-7,16-20H2,1H3,(H,31,32,34);1H. The van der Waals surface area contributed by atoms with Crippen LogP contribution < -0.4 is 15.4 Å². The number of hydrogen-bond donors (Lipinski definition) is 2. The third kappa shape index (κ3) is 6.67. The number of thiazole rings is 1. The van der Waals surface area contributed by atoms with E-state index in [-0.39, 0.29) is 18.3 Å². The topological polar surface area (TPSA) is 66.5 Å². The second-order valence-electron chi connectivity index (χ2n) is 9.11. The van der Waals surface area contributed by atoms with Gasteiger partial charge >= 0.3 is 0 Å². The molecule has 0 atom stereocenters. The van der Waals surface area contributed by atoms with E-state index in [4.69, 9.17) is 4.74 Å². The maximum Gasteiger partial charge on any atom is 0.257 e. The summed E-state index contributed by atoms with van der Waals surface area (Å²) in [6.07, 6.45) is 4.01. The molecule has 1 saturated heterocycles. The van der Waals surface area contributed by atoms with Crippen LogP contribution in [0.15, 0.2) is 66.7 Å². The highest BCUT2D eigenvalue weighted by atomic mass is 35.5. The molecule has 2 heterocycles. The Balaban J connectivity index is 0.00000320. The van der Waals surface area contributed by atoms with Crippen molar-refractivity contribution in [3.8, 4) is 16.9 Å². The predicted molar refractivity (Wildman–Crippen MR) is 155 cm³/mol. The summed E-state index contributed by atoms with van der Waals surface area (Å²) in [6, 6.07) is 21.9. The fourth-order valence-electron chi connectivity index (χ4n) is 4.64. The van der Waals surface area contributed by atoms with Gasteiger partial charge in [-0.25, -0.2) is 4.98 Å². The molecular formula is C29H33ClN4O2S. The number of fused-ring (bicyclic) bond motifs is 1. The van der Waals surface area contributed by atoms with Crippen molar-refractivity contribution in [2.75, 3.05) is 38.6 Å². The van der Waals surface area contributed by atoms with Crippen molar-refractivity contribution in [1.82, 2.24) is 15.2 Å². The van der Waals surface area contributed by atoms with Crippen LogP contribution in [0.4, 0.5) is 5.13 Å². The number of ether oxygens (including phenoxy) is 1. The average Bonchev–Trinajstić information content (AvgIpc) is 3.35. The summed E-state index contributed by atoms with van der Waals surface area (Å²) in [5.41, 5.74) is 4.71. The van der Waals surface area contributed by atoms with Crippen LogP contribution in [0.1, 0.15) is 35.2 Å². The van der Waals surface area contributed by atoms with Gasteiger partial charge in [0.2, 0.25) is 0 Å². The number of halogens is 1. The second-order valence-corrected chi connectivity index (χ2v) is 10.1. The molecule has 0 spiro atoms. The van der Waals surface area contributed by atoms with Crippen LogP contribution in [0.3, 0.4) is 0 Å². The largest absolute Gasteiger partial charge is 0.494 e. The van der Waals surface area contributed by atoms with Crippen molar-refractivity contribution in [3.63, 3.8) is 0 Å². The Morgan fingerprint density at radius 1 is 1.00 bits per heavy atom. The first-order valence-electron chi connectivity index (χ1n) is 12.6. The molecule has 194 valence electrons. The number of piperidine rings is 1. The fourth-order valence-corrected chi connectivity index (χ4v) is 5.66. The van der Waals surface area contributed by atoms with Gasteiger partial charge in [0.25, 0.3) is 5.91 Å². The minimum Gasteiger partial charge on any atom is -0.494 e. The third-order valence-electron chi connectivity index (χ3n) is 6.63. The molecule has 1 aromatic heterocycles. The fraction of sp³-hybridized carbons (Fsp3) is 0.310. The number of amides is 1. The Labute approximate surface area is 228 Å². The first kappa shape index (κ1) is 27.1. The van der Waals surface area contributed by atoms with E-state index in [2.05, 4.69) is 32.7 Å². The number of benzene rings is 3. The lowest BCUT2D eigenvalue weighted by Crippen LogP contribution is -2.35. The first-order chi connectivity index (χ1) is 17.7. The molecule has 1 amide bonds. The number of carbonyl (C=O) groups excluding carboxylic acids is 1. The Morgan fingerprint density at radius 2 is 1.76 bits per heavy atom. The number of hydrogen-bond acceptors (Lipinski definition) is 6. The normalized spacial score (nSPS) is 13.8. The summed E-state index contributed by atoms with van der Waals surface area (Å²) in [6.45, 7) is 5.32. The van der Waals surface area contributed by atoms with Crippen molar-refractivity contribution in [3.05, 3.63) is 77.9 Å². The van der Waals surface area contributed by atoms with Crippen LogP contribution in [-0.2, 0) is 6.54 Å². The first-order valence-corrected chi connectivity index (χ1v) is 13.4. The van der Waals surface area contributed by atoms with Gasteiger partial charge in [0.15, 0.2) is 5.13 Å². The van der Waals surface area contributed by atoms with E-state index in [1.165, 1.54) is 49.3 Å². The van der Waals surface area contributed by atoms with Crippen molar-refractivity contribution >= 4 is 45.0 Å². The number of rotatable bonds is 9. The van der Waals surface area contributed by atoms with Crippen LogP contribution in [0.25, 0.3) is 21.3 Å². The highest BCUT2D eigenvalue weighted by Crippen LogP contribution is 2.39. The molecule has 0 unspecified atom stereocenters. The van der Waals surface area contributed by atoms with Crippen LogP contribution in [0.5, 0.6) is 5.75 Å². The number of carbonyl (C=O) groups is 1. The maximum atomic E-state index is 13.0. The zero-order valence-electron chi connectivity index (χ0n) is 21.0. The molecule has 0 radical (unpaired) electrons. The molecular weight excluding hydrogens is 504 g/mol. The highest BCUT2D eigenvalue weighted by Gasteiger charge is 2.16. The Hall–Kier alpha value is -2.97. The number of nitrogens with zero attached hydrogens (tertiary/aromatic N) is 2. The quantitative estimate of drug-likeness (QED) is 0.248. The minimum absolute atomic E-state index is 0. The summed E-state index contributed by atoms with van der Waals surface area (Å²) in [7, 11) is 1.64. The van der Waals surface area contributed by atoms with Gasteiger partial charge in [-0.2, -0.15) is 0 Å². The molecule has 0 aliphatic carbocycles. The summed E-state index contributed by atoms with van der Waals surface area (Å²) in [5, 5.41) is 7.05. The molecule has 3 aromatic carbocycles. The molecule has 1 aliphatic heterocycles. The van der Waals surface area contributed by atoms with Crippen LogP contribution in [0.2, 0.25) is 0 Å². The van der Waals surface area contributed by atoms with Gasteiger partial charge in [0.1, 0.15) is 11.3 Å². The van der Waals surface area contributed by atoms with Crippen LogP contribution in [0, 0.1) is 0 Å². The lowest BCUT2D eigenvalue weighted by molar-refractivity contribution is 0.102. The summed E-state index contributed by atoms with van der Waals surface area (Å²) < 4.78 is 6.52. The highest BCUT2D eigenvalue weighted by molar-refractivity contribution is 7.23. The molecule has 1 aliphatic rings. The van der Waals surface area contributed by atoms with Gasteiger partial charge < -0.3 is 15.0 Å². The van der Waals surface area contributed by atoms with E-state index in [1.54, 1.807) is 7.11 Å². The van der Waals surface area contributed by atoms with Gasteiger partial charge in [-0.1, -0.05) is 60.2 Å². The lowest BCUT2D eigenvalue weighted by atomic mass is 10.1. The summed E-state index contributed by atoms with van der Waals surface area (Å²) in [5.74, 6) is 0.525. The molecule has 6 nitrogen and oxygen atoms in total. The van der Waals surface area contributed by atoms with Crippen molar-refractivity contribution < 1.29 is 9.53 Å². The molecule has 2 N–H and O–H groups in total. The Bertz CT molecular complexity index is 1300. The van der Waals surface area contributed by atoms with Gasteiger partial charge in [-0.3, -0.25) is 10.1 Å². The van der Waals surface area contributed by atoms with Crippen molar-refractivity contribution in [2.24, 2.45) is 0 Å². The average molecular weight is 537 g/mol. The number of aromatic nitrogens is 1. The zero-order valence-corrected chi connectivity index (χ0v) is 22.7. The summed E-state index contributed by atoms with van der Waals surface area (Å²) in [4.78, 5) is 20.2. The number of anilines is 1. The lowest BCUT2D eigenvalue weighted by Gasteiger charge is -2.26. The molecule has 0 saturated carbocycles. The summed E-state index contributed by atoms with van der Waals surface area (Å²) >= 11 is 1.46. The van der Waals surface area contributed by atoms with Crippen LogP contribution >= 0.6 is 23.7 Å². The molecule has 37 heavy (non-hydrogen) atoms. The molecule has 5 rings (SSSR count). The molecule has 8 heteroatoms. The minimum atomic E-state index is -0.168. The van der Waals surface area contributed by atoms with E-state index in [1.807, 2.05) is 54.6 Å². The van der Waals surface area contributed by atoms with Gasteiger partial charge in [-0.05, 0) is 61.3 Å². The van der Waals surface area contributed by atoms with E-state index in [0.29, 0.717) is 16.4 Å². The van der Waals surface area contributed by atoms with Gasteiger partial charge in [0.05, 0.1) is 11.8 Å². The van der Waals surface area contributed by atoms with Crippen LogP contribution in [-0.4, -0.2) is 49.1 Å². The van der Waals surface area contributed by atoms with E-state index in [9.17, 15) is 4.79 Å². The van der Waals surface area contributed by atoms with Crippen molar-refractivity contribution in [2.45, 2.75) is 25.8 Å². The van der Waals surface area contributed by atoms with Crippen molar-refractivity contribution in [1.29, 1.82) is 0 Å². The van der Waals surface area contributed by atoms with E-state index < -0.39 is 0 Å². The van der Waals surface area contributed by atoms with Gasteiger partial charge in [-0.15, -0.1) is 12.4 Å². The SMILES string of the molecule is COc1ccc(-c2ccccc2)c2sc(NC(=O)c3ccc(CNCCN4CCCCC4)cc3)nc12.Cl. The maximum absolute atomic E-state index is 13.0. The van der Waals surface area contributed by atoms with E-state index >= 15 is 0 Å². The van der Waals surface area contributed by atoms with E-state index in [0.717, 1.165) is 41.0 Å². The monoisotopic (exact) mass is 536 g/mol. The number of methoxy groups -OCH3 is 1. The Morgan fingerprint density at radius 3 is 2.49 bits per heavy atom. The molecule has 1 fully saturated rings. The zero-order chi connectivity index (χ0) is 24.7. The predicted octanol–water partition coefficient (Wildman–Crippen LogP) is 6.22. The number of nitrogens with one attached hydrogen (secondary N) is 2. The molecule has 0 bridgehead atoms. The second kappa shape index (κ2) is 13.0.